The summed E-state index contributed by atoms with van der Waals surface area (Å²) in [5.41, 5.74) is 0.563. The number of rotatable bonds is 3. The van der Waals surface area contributed by atoms with Gasteiger partial charge in [-0.15, -0.1) is 0 Å². The Balaban J connectivity index is 3.36. The maximum atomic E-state index is 13.5. The van der Waals surface area contributed by atoms with Crippen molar-refractivity contribution in [2.75, 3.05) is 7.05 Å². The van der Waals surface area contributed by atoms with Crippen LogP contribution in [0.2, 0.25) is 0 Å². The van der Waals surface area contributed by atoms with Crippen LogP contribution in [-0.4, -0.2) is 15.5 Å². The summed E-state index contributed by atoms with van der Waals surface area (Å²) in [5, 5.41) is 7.73. The molecule has 6 heteroatoms. The largest absolute Gasteiger partial charge is 0.316 e. The van der Waals surface area contributed by atoms with Crippen molar-refractivity contribution in [3.05, 3.63) is 29.1 Å². The van der Waals surface area contributed by atoms with Crippen molar-refractivity contribution in [1.82, 2.24) is 5.32 Å². The van der Waals surface area contributed by atoms with Crippen molar-refractivity contribution in [2.24, 2.45) is 5.14 Å². The fraction of sp³-hybridized carbons (Fsp3) is 0.333. The molecule has 0 saturated heterocycles. The number of primary sulfonamides is 1. The topological polar surface area (TPSA) is 72.2 Å². The first-order chi connectivity index (χ1) is 6.86. The van der Waals surface area contributed by atoms with Crippen LogP contribution in [0.1, 0.15) is 11.1 Å². The van der Waals surface area contributed by atoms with Crippen molar-refractivity contribution in [1.29, 1.82) is 0 Å². The first-order valence-corrected chi connectivity index (χ1v) is 5.87. The number of aryl methyl sites for hydroxylation is 1. The van der Waals surface area contributed by atoms with Gasteiger partial charge in [-0.25, -0.2) is 17.9 Å². The number of sulfonamides is 1. The van der Waals surface area contributed by atoms with E-state index in [9.17, 15) is 12.8 Å². The number of nitrogens with one attached hydrogen (secondary N) is 1. The van der Waals surface area contributed by atoms with E-state index in [-0.39, 0.29) is 17.0 Å². The van der Waals surface area contributed by atoms with Gasteiger partial charge in [-0.1, -0.05) is 0 Å². The maximum Gasteiger partial charge on any atom is 0.238 e. The van der Waals surface area contributed by atoms with Crippen molar-refractivity contribution in [3.63, 3.8) is 0 Å². The number of nitrogens with two attached hydrogens (primary N) is 1. The lowest BCUT2D eigenvalue weighted by molar-refractivity contribution is 0.584. The van der Waals surface area contributed by atoms with Gasteiger partial charge >= 0.3 is 0 Å². The van der Waals surface area contributed by atoms with Crippen LogP contribution in [0.5, 0.6) is 0 Å². The lowest BCUT2D eigenvalue weighted by Crippen LogP contribution is -2.15. The molecular weight excluding hydrogens is 219 g/mol. The zero-order valence-corrected chi connectivity index (χ0v) is 9.36. The van der Waals surface area contributed by atoms with Crippen molar-refractivity contribution >= 4 is 10.0 Å². The standard InChI is InChI=1S/C9H13FN2O2S/c1-6-3-8(15(11,13)14)4-7(5-12-2)9(6)10/h3-4,12H,5H2,1-2H3,(H2,11,13,14). The van der Waals surface area contributed by atoms with Gasteiger partial charge in [0.15, 0.2) is 0 Å². The lowest BCUT2D eigenvalue weighted by atomic mass is 10.1. The monoisotopic (exact) mass is 232 g/mol. The highest BCUT2D eigenvalue weighted by atomic mass is 32.2. The van der Waals surface area contributed by atoms with Crippen LogP contribution < -0.4 is 10.5 Å². The van der Waals surface area contributed by atoms with E-state index in [4.69, 9.17) is 5.14 Å². The van der Waals surface area contributed by atoms with Gasteiger partial charge in [0.05, 0.1) is 4.90 Å². The molecule has 3 N–H and O–H groups in total. The van der Waals surface area contributed by atoms with Gasteiger partial charge in [0.25, 0.3) is 0 Å². The number of benzene rings is 1. The minimum atomic E-state index is -3.78. The first kappa shape index (κ1) is 12.1. The van der Waals surface area contributed by atoms with Crippen LogP contribution in [0.3, 0.4) is 0 Å². The third-order valence-corrected chi connectivity index (χ3v) is 2.89. The fourth-order valence-electron chi connectivity index (χ4n) is 1.29. The van der Waals surface area contributed by atoms with Crippen LogP contribution in [-0.2, 0) is 16.6 Å². The summed E-state index contributed by atoms with van der Waals surface area (Å²) in [7, 11) is -2.13. The summed E-state index contributed by atoms with van der Waals surface area (Å²) < 4.78 is 35.7. The molecule has 0 spiro atoms. The van der Waals surface area contributed by atoms with Gasteiger partial charge in [0, 0.05) is 12.1 Å². The summed E-state index contributed by atoms with van der Waals surface area (Å²) in [4.78, 5) is -0.0633. The summed E-state index contributed by atoms with van der Waals surface area (Å²) in [6, 6.07) is 2.47. The van der Waals surface area contributed by atoms with E-state index < -0.39 is 15.8 Å². The smallest absolute Gasteiger partial charge is 0.238 e. The van der Waals surface area contributed by atoms with E-state index in [1.54, 1.807) is 7.05 Å². The average molecular weight is 232 g/mol. The molecule has 0 heterocycles. The maximum absolute atomic E-state index is 13.5. The van der Waals surface area contributed by atoms with Crippen molar-refractivity contribution < 1.29 is 12.8 Å². The molecule has 0 amide bonds. The Hall–Kier alpha value is -0.980. The summed E-state index contributed by atoms with van der Waals surface area (Å²) in [6.45, 7) is 1.76. The Labute approximate surface area is 88.3 Å². The van der Waals surface area contributed by atoms with E-state index in [0.29, 0.717) is 5.56 Å². The first-order valence-electron chi connectivity index (χ1n) is 4.32. The van der Waals surface area contributed by atoms with E-state index in [0.717, 1.165) is 0 Å². The molecule has 0 radical (unpaired) electrons. The summed E-state index contributed by atoms with van der Waals surface area (Å²) in [5.74, 6) is -0.406. The number of hydrogen-bond donors (Lipinski definition) is 2. The molecule has 0 fully saturated rings. The van der Waals surface area contributed by atoms with Crippen LogP contribution >= 0.6 is 0 Å². The Bertz CT molecular complexity index is 471. The molecule has 0 atom stereocenters. The molecule has 1 rings (SSSR count). The minimum Gasteiger partial charge on any atom is -0.316 e. The van der Waals surface area contributed by atoms with Gasteiger partial charge in [-0.05, 0) is 31.7 Å². The van der Waals surface area contributed by atoms with Crippen LogP contribution in [0.25, 0.3) is 0 Å². The van der Waals surface area contributed by atoms with E-state index >= 15 is 0 Å². The second-order valence-corrected chi connectivity index (χ2v) is 4.85. The summed E-state index contributed by atoms with van der Waals surface area (Å²) >= 11 is 0. The predicted molar refractivity (Wildman–Crippen MR) is 55.3 cm³/mol. The Kier molecular flexibility index (Phi) is 3.43. The van der Waals surface area contributed by atoms with Crippen molar-refractivity contribution in [3.8, 4) is 0 Å². The molecule has 0 aliphatic heterocycles. The van der Waals surface area contributed by atoms with E-state index in [1.165, 1.54) is 19.1 Å². The highest BCUT2D eigenvalue weighted by Gasteiger charge is 2.13. The highest BCUT2D eigenvalue weighted by molar-refractivity contribution is 7.89. The molecule has 1 aromatic carbocycles. The SMILES string of the molecule is CNCc1cc(S(N)(=O)=O)cc(C)c1F. The second-order valence-electron chi connectivity index (χ2n) is 3.29. The molecule has 0 saturated carbocycles. The van der Waals surface area contributed by atoms with Gasteiger partial charge in [-0.3, -0.25) is 0 Å². The third kappa shape index (κ3) is 2.74. The van der Waals surface area contributed by atoms with Crippen LogP contribution in [0.4, 0.5) is 4.39 Å². The molecule has 84 valence electrons. The number of hydrogen-bond acceptors (Lipinski definition) is 3. The van der Waals surface area contributed by atoms with E-state index in [1.807, 2.05) is 0 Å². The third-order valence-electron chi connectivity index (χ3n) is 2.00. The summed E-state index contributed by atoms with van der Waals surface area (Å²) in [6.07, 6.45) is 0. The Morgan fingerprint density at radius 2 is 2.07 bits per heavy atom. The molecular formula is C9H13FN2O2S. The quantitative estimate of drug-likeness (QED) is 0.797. The Morgan fingerprint density at radius 3 is 2.53 bits per heavy atom. The average Bonchev–Trinajstić information content (AvgIpc) is 2.11. The highest BCUT2D eigenvalue weighted by Crippen LogP contribution is 2.18. The minimum absolute atomic E-state index is 0.0633. The molecule has 15 heavy (non-hydrogen) atoms. The van der Waals surface area contributed by atoms with Gasteiger partial charge in [0.1, 0.15) is 5.82 Å². The molecule has 0 aromatic heterocycles. The Morgan fingerprint density at radius 1 is 1.47 bits per heavy atom. The second kappa shape index (κ2) is 4.26. The predicted octanol–water partition coefficient (Wildman–Crippen LogP) is 0.501. The number of halogens is 1. The van der Waals surface area contributed by atoms with Gasteiger partial charge < -0.3 is 5.32 Å². The fourth-order valence-corrected chi connectivity index (χ4v) is 1.94. The zero-order chi connectivity index (χ0) is 11.6. The van der Waals surface area contributed by atoms with Crippen molar-refractivity contribution in [2.45, 2.75) is 18.4 Å². The molecule has 0 aliphatic carbocycles. The molecule has 1 aromatic rings. The van der Waals surface area contributed by atoms with E-state index in [2.05, 4.69) is 5.32 Å². The van der Waals surface area contributed by atoms with Gasteiger partial charge in [0.2, 0.25) is 10.0 Å². The molecule has 0 aliphatic rings. The van der Waals surface area contributed by atoms with Crippen LogP contribution in [0, 0.1) is 12.7 Å². The van der Waals surface area contributed by atoms with Crippen LogP contribution in [0.15, 0.2) is 17.0 Å². The zero-order valence-electron chi connectivity index (χ0n) is 8.54. The molecule has 0 unspecified atom stereocenters. The normalized spacial score (nSPS) is 11.7. The molecule has 4 nitrogen and oxygen atoms in total. The molecule has 0 bridgehead atoms. The van der Waals surface area contributed by atoms with Gasteiger partial charge in [-0.2, -0.15) is 0 Å². The lowest BCUT2D eigenvalue weighted by Gasteiger charge is -2.07.